The van der Waals surface area contributed by atoms with Crippen molar-refractivity contribution < 1.29 is 29.7 Å². The summed E-state index contributed by atoms with van der Waals surface area (Å²) in [6.07, 6.45) is 5.20. The molecule has 2 unspecified atom stereocenters. The van der Waals surface area contributed by atoms with Crippen molar-refractivity contribution in [2.75, 3.05) is 6.61 Å². The van der Waals surface area contributed by atoms with Crippen molar-refractivity contribution in [3.63, 3.8) is 0 Å². The summed E-state index contributed by atoms with van der Waals surface area (Å²) < 4.78 is 0. The van der Waals surface area contributed by atoms with Gasteiger partial charge < -0.3 is 25.5 Å². The predicted molar refractivity (Wildman–Crippen MR) is 101 cm³/mol. The molecule has 3 saturated carbocycles. The van der Waals surface area contributed by atoms with Gasteiger partial charge in [0.15, 0.2) is 17.2 Å². The molecule has 5 rings (SSSR count). The fourth-order valence-electron chi connectivity index (χ4n) is 7.86. The number of fused-ring (bicyclic) bond motifs is 2. The lowest BCUT2D eigenvalue weighted by Crippen LogP contribution is -2.67. The van der Waals surface area contributed by atoms with Crippen LogP contribution < -0.4 is 11.2 Å². The highest BCUT2D eigenvalue weighted by molar-refractivity contribution is 6.01. The summed E-state index contributed by atoms with van der Waals surface area (Å²) in [5.41, 5.74) is -3.75. The third kappa shape index (κ3) is 1.83. The number of nitrogens with two attached hydrogens (primary N) is 1. The Morgan fingerprint density at radius 1 is 1.38 bits per heavy atom. The van der Waals surface area contributed by atoms with Crippen molar-refractivity contribution in [1.82, 2.24) is 5.32 Å². The van der Waals surface area contributed by atoms with Crippen molar-refractivity contribution in [2.24, 2.45) is 22.6 Å². The Balaban J connectivity index is 1.67. The van der Waals surface area contributed by atoms with E-state index < -0.39 is 52.1 Å². The van der Waals surface area contributed by atoms with E-state index in [1.807, 2.05) is 6.08 Å². The fourth-order valence-corrected chi connectivity index (χ4v) is 7.86. The van der Waals surface area contributed by atoms with Gasteiger partial charge in [0.1, 0.15) is 6.61 Å². The first kappa shape index (κ1) is 19.5. The van der Waals surface area contributed by atoms with Crippen LogP contribution in [0.1, 0.15) is 39.5 Å². The predicted octanol–water partition coefficient (Wildman–Crippen LogP) is -0.725. The summed E-state index contributed by atoms with van der Waals surface area (Å²) in [5, 5.41) is 35.4. The second kappa shape index (κ2) is 5.43. The van der Waals surface area contributed by atoms with Gasteiger partial charge in [0, 0.05) is 27.8 Å². The SMILES string of the molecule is C[C@]12C=CC(=O)C=C1CC[C@@]13NC14C[C@@H](O)[C@](O)(C(=O)CO)[C@@]4(C)C[C@H](ON)C23. The number of nitrogens with one attached hydrogen (secondary N) is 1. The van der Waals surface area contributed by atoms with Crippen LogP contribution in [0.15, 0.2) is 23.8 Å². The maximum absolute atomic E-state index is 12.6. The number of Topliss-reactive ketones (excluding diaryl/α,β-unsaturated/α-hetero) is 1. The molecule has 0 aromatic rings. The van der Waals surface area contributed by atoms with Gasteiger partial charge in [-0.2, -0.15) is 0 Å². The Kier molecular flexibility index (Phi) is 3.66. The van der Waals surface area contributed by atoms with Crippen LogP contribution in [0.3, 0.4) is 0 Å². The molecule has 5 aliphatic rings. The molecule has 0 amide bonds. The van der Waals surface area contributed by atoms with Gasteiger partial charge in [-0.05, 0) is 37.8 Å². The molecular formula is C21H28N2O6. The topological polar surface area (TPSA) is 152 Å². The minimum atomic E-state index is -2.09. The van der Waals surface area contributed by atoms with E-state index in [2.05, 4.69) is 12.2 Å². The van der Waals surface area contributed by atoms with E-state index in [1.54, 1.807) is 19.1 Å². The van der Waals surface area contributed by atoms with E-state index in [9.17, 15) is 24.9 Å². The van der Waals surface area contributed by atoms with Crippen LogP contribution in [0.4, 0.5) is 0 Å². The van der Waals surface area contributed by atoms with Gasteiger partial charge in [0.05, 0.1) is 12.2 Å². The van der Waals surface area contributed by atoms with Crippen LogP contribution >= 0.6 is 0 Å². The monoisotopic (exact) mass is 404 g/mol. The zero-order valence-electron chi connectivity index (χ0n) is 16.6. The van der Waals surface area contributed by atoms with Crippen LogP contribution in [0.25, 0.3) is 0 Å². The minimum Gasteiger partial charge on any atom is -0.390 e. The number of aliphatic hydroxyl groups is 3. The second-order valence-electron chi connectivity index (χ2n) is 9.95. The van der Waals surface area contributed by atoms with Crippen molar-refractivity contribution >= 4 is 11.6 Å². The molecule has 0 bridgehead atoms. The molecule has 8 nitrogen and oxygen atoms in total. The molecule has 1 aliphatic heterocycles. The third-order valence-corrected chi connectivity index (χ3v) is 9.19. The molecular weight excluding hydrogens is 376 g/mol. The maximum Gasteiger partial charge on any atom is 0.192 e. The molecule has 4 aliphatic carbocycles. The molecule has 1 heterocycles. The van der Waals surface area contributed by atoms with Crippen LogP contribution in [-0.4, -0.2) is 62.4 Å². The fraction of sp³-hybridized carbons (Fsp3) is 0.714. The lowest BCUT2D eigenvalue weighted by molar-refractivity contribution is -0.183. The molecule has 0 aromatic heterocycles. The molecule has 6 N–H and O–H groups in total. The number of hydrogen-bond acceptors (Lipinski definition) is 8. The average molecular weight is 404 g/mol. The van der Waals surface area contributed by atoms with Gasteiger partial charge in [0.2, 0.25) is 0 Å². The van der Waals surface area contributed by atoms with Gasteiger partial charge in [0.25, 0.3) is 0 Å². The van der Waals surface area contributed by atoms with Gasteiger partial charge in [-0.3, -0.25) is 9.59 Å². The molecule has 29 heavy (non-hydrogen) atoms. The van der Waals surface area contributed by atoms with Crippen LogP contribution in [0, 0.1) is 16.7 Å². The van der Waals surface area contributed by atoms with E-state index in [4.69, 9.17) is 10.7 Å². The number of ketones is 2. The van der Waals surface area contributed by atoms with Crippen LogP contribution in [0.2, 0.25) is 0 Å². The van der Waals surface area contributed by atoms with Crippen LogP contribution in [-0.2, 0) is 14.4 Å². The van der Waals surface area contributed by atoms with E-state index in [0.717, 1.165) is 5.57 Å². The molecule has 0 radical (unpaired) electrons. The van der Waals surface area contributed by atoms with E-state index in [0.29, 0.717) is 12.8 Å². The number of carbonyl (C=O) groups is 2. The molecule has 2 spiro atoms. The number of rotatable bonds is 3. The number of carbonyl (C=O) groups excluding carboxylic acids is 2. The van der Waals surface area contributed by atoms with Crippen molar-refractivity contribution in [2.45, 2.75) is 68.4 Å². The highest BCUT2D eigenvalue weighted by atomic mass is 16.6. The summed E-state index contributed by atoms with van der Waals surface area (Å²) in [7, 11) is 0. The standard InChI is InChI=1S/C21H28N2O6/c1-17-5-4-12(25)7-11(17)3-6-19-16(17)13(29-22)8-18(2)20(19,23-19)9-14(26)21(18,28)15(27)10-24/h4-5,7,13-14,16,23-24,26,28H,3,6,8-10,22H2,1-2H3/t13-,14+,16?,17-,18-,19-,20?,21-/m0/s1. The normalized spacial score (nSPS) is 54.8. The molecule has 8 heteroatoms. The van der Waals surface area contributed by atoms with E-state index in [1.165, 1.54) is 0 Å². The van der Waals surface area contributed by atoms with Crippen molar-refractivity contribution in [3.05, 3.63) is 23.8 Å². The number of allylic oxidation sites excluding steroid dienone is 4. The summed E-state index contributed by atoms with van der Waals surface area (Å²) in [6, 6.07) is 0. The van der Waals surface area contributed by atoms with Crippen molar-refractivity contribution in [3.8, 4) is 0 Å². The van der Waals surface area contributed by atoms with Crippen LogP contribution in [0.5, 0.6) is 0 Å². The summed E-state index contributed by atoms with van der Waals surface area (Å²) in [6.45, 7) is 3.01. The maximum atomic E-state index is 12.6. The Morgan fingerprint density at radius 2 is 2.10 bits per heavy atom. The number of hydrogen-bond donors (Lipinski definition) is 5. The highest BCUT2D eigenvalue weighted by Gasteiger charge is 2.90. The third-order valence-electron chi connectivity index (χ3n) is 9.19. The Bertz CT molecular complexity index is 886. The van der Waals surface area contributed by atoms with E-state index >= 15 is 0 Å². The second-order valence-corrected chi connectivity index (χ2v) is 9.95. The Hall–Kier alpha value is -1.42. The van der Waals surface area contributed by atoms with Gasteiger partial charge in [-0.25, -0.2) is 5.90 Å². The first-order valence-corrected chi connectivity index (χ1v) is 10.2. The molecule has 4 fully saturated rings. The van der Waals surface area contributed by atoms with Gasteiger partial charge in [-0.1, -0.05) is 25.5 Å². The van der Waals surface area contributed by atoms with Gasteiger partial charge >= 0.3 is 0 Å². The first-order valence-electron chi connectivity index (χ1n) is 10.2. The summed E-state index contributed by atoms with van der Waals surface area (Å²) in [4.78, 5) is 30.1. The average Bonchev–Trinajstić information content (AvgIpc) is 3.30. The van der Waals surface area contributed by atoms with Crippen molar-refractivity contribution in [1.29, 1.82) is 0 Å². The quantitative estimate of drug-likeness (QED) is 0.305. The number of aliphatic hydroxyl groups excluding tert-OH is 2. The summed E-state index contributed by atoms with van der Waals surface area (Å²) in [5.74, 6) is 4.81. The lowest BCUT2D eigenvalue weighted by atomic mass is 9.46. The molecule has 1 saturated heterocycles. The summed E-state index contributed by atoms with van der Waals surface area (Å²) >= 11 is 0. The Labute approximate surface area is 168 Å². The molecule has 8 atom stereocenters. The van der Waals surface area contributed by atoms with Gasteiger partial charge in [-0.15, -0.1) is 0 Å². The highest BCUT2D eigenvalue weighted by Crippen LogP contribution is 2.77. The Morgan fingerprint density at radius 3 is 2.76 bits per heavy atom. The molecule has 0 aromatic carbocycles. The minimum absolute atomic E-state index is 0.0306. The zero-order chi connectivity index (χ0) is 21.0. The first-order chi connectivity index (χ1) is 13.6. The van der Waals surface area contributed by atoms with E-state index in [-0.39, 0.29) is 24.5 Å². The lowest BCUT2D eigenvalue weighted by Gasteiger charge is -2.57. The zero-order valence-corrected chi connectivity index (χ0v) is 16.6. The largest absolute Gasteiger partial charge is 0.390 e. The smallest absolute Gasteiger partial charge is 0.192 e. The molecule has 158 valence electrons.